The summed E-state index contributed by atoms with van der Waals surface area (Å²) in [7, 11) is 0. The maximum absolute atomic E-state index is 11.4. The Morgan fingerprint density at radius 3 is 2.65 bits per heavy atom. The number of hydrogen-bond acceptors (Lipinski definition) is 3. The average Bonchev–Trinajstić information content (AvgIpc) is 2.82. The number of hydrogen-bond donors (Lipinski definition) is 1. The Morgan fingerprint density at radius 1 is 1.29 bits per heavy atom. The van der Waals surface area contributed by atoms with Crippen LogP contribution in [0.1, 0.15) is 10.4 Å². The molecule has 0 aliphatic heterocycles. The molecule has 0 spiro atoms. The first-order chi connectivity index (χ1) is 8.25. The van der Waals surface area contributed by atoms with Crippen LogP contribution in [0.3, 0.4) is 0 Å². The standard InChI is InChI=1S/C13H14N2OS/c14-13(16)11(7-12-8-15-9-17-12)6-10-4-2-1-3-5-10/h1-5,8-9,11H,6-7H2,(H2,14,16). The summed E-state index contributed by atoms with van der Waals surface area (Å²) in [6.45, 7) is 0. The van der Waals surface area contributed by atoms with Crippen molar-refractivity contribution in [3.05, 3.63) is 52.5 Å². The van der Waals surface area contributed by atoms with Crippen molar-refractivity contribution in [1.82, 2.24) is 4.98 Å². The molecule has 1 aromatic carbocycles. The van der Waals surface area contributed by atoms with E-state index in [0.29, 0.717) is 12.8 Å². The van der Waals surface area contributed by atoms with E-state index in [1.807, 2.05) is 30.3 Å². The van der Waals surface area contributed by atoms with Crippen LogP contribution in [-0.4, -0.2) is 10.9 Å². The molecule has 2 N–H and O–H groups in total. The molecule has 0 aliphatic rings. The topological polar surface area (TPSA) is 56.0 Å². The molecule has 0 bridgehead atoms. The molecule has 1 atom stereocenters. The van der Waals surface area contributed by atoms with Gasteiger partial charge >= 0.3 is 0 Å². The van der Waals surface area contributed by atoms with Crippen LogP contribution in [0.15, 0.2) is 42.0 Å². The van der Waals surface area contributed by atoms with Crippen molar-refractivity contribution in [1.29, 1.82) is 0 Å². The maximum Gasteiger partial charge on any atom is 0.221 e. The number of carbonyl (C=O) groups is 1. The summed E-state index contributed by atoms with van der Waals surface area (Å²) in [6.07, 6.45) is 3.16. The van der Waals surface area contributed by atoms with E-state index in [1.165, 1.54) is 0 Å². The quantitative estimate of drug-likeness (QED) is 0.877. The van der Waals surface area contributed by atoms with Gasteiger partial charge in [0.2, 0.25) is 5.91 Å². The van der Waals surface area contributed by atoms with E-state index in [-0.39, 0.29) is 11.8 Å². The molecule has 0 aliphatic carbocycles. The molecular weight excluding hydrogens is 232 g/mol. The van der Waals surface area contributed by atoms with Crippen LogP contribution in [0.2, 0.25) is 0 Å². The molecule has 0 radical (unpaired) electrons. The van der Waals surface area contributed by atoms with Gasteiger partial charge in [-0.1, -0.05) is 30.3 Å². The van der Waals surface area contributed by atoms with E-state index in [9.17, 15) is 4.79 Å². The highest BCUT2D eigenvalue weighted by atomic mass is 32.1. The fourth-order valence-corrected chi connectivity index (χ4v) is 2.43. The van der Waals surface area contributed by atoms with Crippen LogP contribution in [0, 0.1) is 5.92 Å². The van der Waals surface area contributed by atoms with Crippen LogP contribution >= 0.6 is 11.3 Å². The number of primary amides is 1. The molecule has 2 aromatic rings. The van der Waals surface area contributed by atoms with Crippen LogP contribution in [0.25, 0.3) is 0 Å². The van der Waals surface area contributed by atoms with Gasteiger partial charge in [0, 0.05) is 17.0 Å². The van der Waals surface area contributed by atoms with E-state index in [1.54, 1.807) is 23.0 Å². The monoisotopic (exact) mass is 246 g/mol. The molecule has 1 heterocycles. The maximum atomic E-state index is 11.4. The van der Waals surface area contributed by atoms with Crippen molar-refractivity contribution >= 4 is 17.2 Å². The first kappa shape index (κ1) is 11.8. The van der Waals surface area contributed by atoms with Crippen LogP contribution in [0.5, 0.6) is 0 Å². The second kappa shape index (κ2) is 5.59. The number of thiazole rings is 1. The number of nitrogens with zero attached hydrogens (tertiary/aromatic N) is 1. The van der Waals surface area contributed by atoms with Crippen molar-refractivity contribution in [2.24, 2.45) is 11.7 Å². The molecule has 1 amide bonds. The van der Waals surface area contributed by atoms with Gasteiger partial charge in [0.05, 0.1) is 5.51 Å². The fourth-order valence-electron chi connectivity index (χ4n) is 1.76. The molecule has 3 nitrogen and oxygen atoms in total. The molecule has 2 rings (SSSR count). The lowest BCUT2D eigenvalue weighted by atomic mass is 9.95. The molecule has 0 saturated heterocycles. The number of aromatic nitrogens is 1. The minimum atomic E-state index is -0.248. The lowest BCUT2D eigenvalue weighted by molar-refractivity contribution is -0.121. The lowest BCUT2D eigenvalue weighted by Crippen LogP contribution is -2.26. The third-order valence-corrected chi connectivity index (χ3v) is 3.46. The van der Waals surface area contributed by atoms with Crippen molar-refractivity contribution in [3.8, 4) is 0 Å². The second-order valence-electron chi connectivity index (χ2n) is 3.96. The minimum Gasteiger partial charge on any atom is -0.369 e. The SMILES string of the molecule is NC(=O)C(Cc1ccccc1)Cc1cncs1. The summed E-state index contributed by atoms with van der Waals surface area (Å²) in [5, 5.41) is 0. The molecule has 88 valence electrons. The minimum absolute atomic E-state index is 0.155. The van der Waals surface area contributed by atoms with E-state index >= 15 is 0 Å². The Morgan fingerprint density at radius 2 is 2.06 bits per heavy atom. The third-order valence-electron chi connectivity index (χ3n) is 2.66. The van der Waals surface area contributed by atoms with Crippen molar-refractivity contribution < 1.29 is 4.79 Å². The van der Waals surface area contributed by atoms with Gasteiger partial charge in [0.15, 0.2) is 0 Å². The van der Waals surface area contributed by atoms with E-state index in [2.05, 4.69) is 4.98 Å². The Hall–Kier alpha value is -1.68. The van der Waals surface area contributed by atoms with Gasteiger partial charge in [0.1, 0.15) is 0 Å². The molecule has 1 unspecified atom stereocenters. The first-order valence-corrected chi connectivity index (χ1v) is 6.34. The van der Waals surface area contributed by atoms with Gasteiger partial charge in [-0.2, -0.15) is 0 Å². The Kier molecular flexibility index (Phi) is 3.88. The number of benzene rings is 1. The normalized spacial score (nSPS) is 12.2. The third kappa shape index (κ3) is 3.39. The summed E-state index contributed by atoms with van der Waals surface area (Å²) in [4.78, 5) is 16.5. The first-order valence-electron chi connectivity index (χ1n) is 5.46. The Balaban J connectivity index is 2.06. The second-order valence-corrected chi connectivity index (χ2v) is 4.93. The van der Waals surface area contributed by atoms with Crippen LogP contribution < -0.4 is 5.73 Å². The van der Waals surface area contributed by atoms with Crippen LogP contribution in [-0.2, 0) is 17.6 Å². The summed E-state index contributed by atoms with van der Waals surface area (Å²) in [5.74, 6) is -0.403. The molecule has 1 aromatic heterocycles. The Labute approximate surface area is 104 Å². The number of rotatable bonds is 5. The molecular formula is C13H14N2OS. The summed E-state index contributed by atoms with van der Waals surface area (Å²) < 4.78 is 0. The van der Waals surface area contributed by atoms with Gasteiger partial charge in [-0.05, 0) is 18.4 Å². The van der Waals surface area contributed by atoms with Crippen LogP contribution in [0.4, 0.5) is 0 Å². The zero-order valence-corrected chi connectivity index (χ0v) is 10.2. The molecule has 17 heavy (non-hydrogen) atoms. The highest BCUT2D eigenvalue weighted by Crippen LogP contribution is 2.16. The summed E-state index contributed by atoms with van der Waals surface area (Å²) in [6, 6.07) is 9.94. The molecule has 4 heteroatoms. The lowest BCUT2D eigenvalue weighted by Gasteiger charge is -2.11. The van der Waals surface area contributed by atoms with Gasteiger partial charge in [-0.15, -0.1) is 11.3 Å². The van der Waals surface area contributed by atoms with E-state index in [4.69, 9.17) is 5.73 Å². The summed E-state index contributed by atoms with van der Waals surface area (Å²) >= 11 is 1.56. The highest BCUT2D eigenvalue weighted by Gasteiger charge is 2.17. The van der Waals surface area contributed by atoms with Crippen molar-refractivity contribution in [3.63, 3.8) is 0 Å². The number of nitrogens with two attached hydrogens (primary N) is 1. The zero-order valence-electron chi connectivity index (χ0n) is 9.37. The van der Waals surface area contributed by atoms with Crippen molar-refractivity contribution in [2.45, 2.75) is 12.8 Å². The van der Waals surface area contributed by atoms with E-state index < -0.39 is 0 Å². The van der Waals surface area contributed by atoms with Gasteiger partial charge in [-0.3, -0.25) is 9.78 Å². The predicted molar refractivity (Wildman–Crippen MR) is 68.6 cm³/mol. The Bertz CT molecular complexity index is 467. The largest absolute Gasteiger partial charge is 0.369 e. The van der Waals surface area contributed by atoms with Crippen molar-refractivity contribution in [2.75, 3.05) is 0 Å². The van der Waals surface area contributed by atoms with E-state index in [0.717, 1.165) is 10.4 Å². The number of amides is 1. The summed E-state index contributed by atoms with van der Waals surface area (Å²) in [5.41, 5.74) is 8.36. The smallest absolute Gasteiger partial charge is 0.221 e. The number of carbonyl (C=O) groups excluding carboxylic acids is 1. The average molecular weight is 246 g/mol. The van der Waals surface area contributed by atoms with Gasteiger partial charge in [0.25, 0.3) is 0 Å². The molecule has 0 saturated carbocycles. The van der Waals surface area contributed by atoms with Gasteiger partial charge in [-0.25, -0.2) is 0 Å². The highest BCUT2D eigenvalue weighted by molar-refractivity contribution is 7.09. The van der Waals surface area contributed by atoms with Gasteiger partial charge < -0.3 is 5.73 Å². The molecule has 0 fully saturated rings. The predicted octanol–water partition coefficient (Wildman–Crippen LogP) is 2.03. The zero-order chi connectivity index (χ0) is 12.1. The fraction of sp³-hybridized carbons (Fsp3) is 0.231.